The van der Waals surface area contributed by atoms with Gasteiger partial charge in [-0.15, -0.1) is 10.2 Å². The molecule has 6 heteroatoms. The van der Waals surface area contributed by atoms with Crippen LogP contribution in [0.5, 0.6) is 0 Å². The van der Waals surface area contributed by atoms with Crippen molar-refractivity contribution in [3.63, 3.8) is 0 Å². The second kappa shape index (κ2) is 9.65. The smallest absolute Gasteiger partial charge is 0.123 e. The molecule has 0 spiro atoms. The van der Waals surface area contributed by atoms with Crippen molar-refractivity contribution < 1.29 is 4.39 Å². The number of nitrogens with one attached hydrogen (secondary N) is 1. The average molecular weight is 432 g/mol. The lowest BCUT2D eigenvalue weighted by Gasteiger charge is -2.32. The Hall–Kier alpha value is -2.99. The van der Waals surface area contributed by atoms with E-state index in [0.717, 1.165) is 49.6 Å². The highest BCUT2D eigenvalue weighted by molar-refractivity contribution is 5.85. The van der Waals surface area contributed by atoms with Crippen LogP contribution in [-0.4, -0.2) is 44.3 Å². The van der Waals surface area contributed by atoms with Gasteiger partial charge in [-0.1, -0.05) is 18.6 Å². The number of likely N-dealkylation sites (tertiary alicyclic amines) is 1. The number of benzene rings is 2. The van der Waals surface area contributed by atoms with Crippen LogP contribution in [0.3, 0.4) is 0 Å². The summed E-state index contributed by atoms with van der Waals surface area (Å²) in [5.41, 5.74) is 4.76. The Kier molecular flexibility index (Phi) is 6.30. The number of halogens is 1. The fourth-order valence-corrected chi connectivity index (χ4v) is 4.93. The lowest BCUT2D eigenvalue weighted by Crippen LogP contribution is -2.35. The highest BCUT2D eigenvalue weighted by Gasteiger charge is 2.19. The lowest BCUT2D eigenvalue weighted by atomic mass is 9.90. The number of aromatic amines is 1. The van der Waals surface area contributed by atoms with Gasteiger partial charge >= 0.3 is 0 Å². The highest BCUT2D eigenvalue weighted by atomic mass is 19.1. The van der Waals surface area contributed by atoms with Crippen molar-refractivity contribution in [2.45, 2.75) is 38.5 Å². The van der Waals surface area contributed by atoms with Gasteiger partial charge in [-0.2, -0.15) is 0 Å². The van der Waals surface area contributed by atoms with Gasteiger partial charge in [0.25, 0.3) is 0 Å². The molecule has 5 nitrogen and oxygen atoms in total. The number of aryl methyl sites for hydroxylation is 1. The number of piperidine rings is 1. The highest BCUT2D eigenvalue weighted by Crippen LogP contribution is 2.26. The summed E-state index contributed by atoms with van der Waals surface area (Å²) in [6.07, 6.45) is 12.7. The fraction of sp³-hybridized carbons (Fsp3) is 0.385. The first-order valence-electron chi connectivity index (χ1n) is 11.7. The molecule has 0 unspecified atom stereocenters. The van der Waals surface area contributed by atoms with Gasteiger partial charge in [0.1, 0.15) is 18.5 Å². The average Bonchev–Trinajstić information content (AvgIpc) is 3.49. The van der Waals surface area contributed by atoms with Crippen LogP contribution in [0.1, 0.15) is 36.8 Å². The molecule has 4 aromatic rings. The van der Waals surface area contributed by atoms with Crippen LogP contribution >= 0.6 is 0 Å². The molecule has 0 amide bonds. The Bertz CT molecular complexity index is 1140. The van der Waals surface area contributed by atoms with Crippen LogP contribution in [-0.2, 0) is 12.8 Å². The molecule has 2 aromatic heterocycles. The van der Waals surface area contributed by atoms with E-state index in [2.05, 4.69) is 44.5 Å². The second-order valence-electron chi connectivity index (χ2n) is 8.97. The first-order chi connectivity index (χ1) is 15.7. The molecule has 0 saturated carbocycles. The van der Waals surface area contributed by atoms with E-state index in [1.807, 2.05) is 10.6 Å². The van der Waals surface area contributed by atoms with E-state index < -0.39 is 0 Å². The molecule has 1 saturated heterocycles. The topological polar surface area (TPSA) is 49.7 Å². The number of hydrogen-bond donors (Lipinski definition) is 1. The maximum absolute atomic E-state index is 13.4. The summed E-state index contributed by atoms with van der Waals surface area (Å²) in [5, 5.41) is 9.12. The van der Waals surface area contributed by atoms with Crippen LogP contribution in [0, 0.1) is 11.7 Å². The summed E-state index contributed by atoms with van der Waals surface area (Å²) < 4.78 is 15.3. The van der Waals surface area contributed by atoms with E-state index >= 15 is 0 Å². The Balaban J connectivity index is 1.09. The zero-order valence-electron chi connectivity index (χ0n) is 18.4. The van der Waals surface area contributed by atoms with E-state index in [-0.39, 0.29) is 5.82 Å². The third-order valence-electron chi connectivity index (χ3n) is 6.84. The normalized spacial score (nSPS) is 15.5. The first-order valence-corrected chi connectivity index (χ1v) is 11.7. The number of H-pyrrole nitrogens is 1. The second-order valence-corrected chi connectivity index (χ2v) is 8.97. The maximum atomic E-state index is 13.4. The van der Waals surface area contributed by atoms with Gasteiger partial charge in [-0.25, -0.2) is 4.39 Å². The molecule has 32 heavy (non-hydrogen) atoms. The van der Waals surface area contributed by atoms with Crippen LogP contribution in [0.25, 0.3) is 16.6 Å². The molecule has 2 aromatic carbocycles. The fourth-order valence-electron chi connectivity index (χ4n) is 4.93. The van der Waals surface area contributed by atoms with Gasteiger partial charge in [0, 0.05) is 29.3 Å². The van der Waals surface area contributed by atoms with E-state index in [4.69, 9.17) is 0 Å². The molecule has 1 aliphatic heterocycles. The molecule has 1 fully saturated rings. The van der Waals surface area contributed by atoms with Crippen molar-refractivity contribution in [2.24, 2.45) is 5.92 Å². The first kappa shape index (κ1) is 20.9. The van der Waals surface area contributed by atoms with Crippen molar-refractivity contribution >= 4 is 10.9 Å². The number of nitrogens with zero attached hydrogens (tertiary/aromatic N) is 4. The maximum Gasteiger partial charge on any atom is 0.123 e. The standard InChI is InChI=1S/C26H30FN5/c27-23-6-2-4-21(15-23)11-14-31-12-9-20(10-13-31)3-1-5-22-17-28-26-8-7-24(16-25(22)26)32-18-29-30-19-32/h2,4,6-8,15-20,28H,1,3,5,9-14H2. The number of aromatic nitrogens is 4. The summed E-state index contributed by atoms with van der Waals surface area (Å²) >= 11 is 0. The zero-order valence-corrected chi connectivity index (χ0v) is 18.4. The third kappa shape index (κ3) is 4.91. The minimum Gasteiger partial charge on any atom is -0.361 e. The molecule has 1 aliphatic rings. The predicted octanol–water partition coefficient (Wildman–Crippen LogP) is 5.17. The van der Waals surface area contributed by atoms with Crippen molar-refractivity contribution in [1.82, 2.24) is 24.6 Å². The number of hydrogen-bond acceptors (Lipinski definition) is 3. The molecule has 3 heterocycles. The van der Waals surface area contributed by atoms with E-state index in [1.54, 1.807) is 24.8 Å². The lowest BCUT2D eigenvalue weighted by molar-refractivity contribution is 0.179. The Morgan fingerprint density at radius 3 is 2.66 bits per heavy atom. The SMILES string of the molecule is Fc1cccc(CCN2CCC(CCCc3c[nH]c4ccc(-n5cnnc5)cc34)CC2)c1. The molecule has 0 bridgehead atoms. The number of rotatable bonds is 8. The van der Waals surface area contributed by atoms with E-state index in [1.165, 1.54) is 48.2 Å². The quantitative estimate of drug-likeness (QED) is 0.419. The zero-order chi connectivity index (χ0) is 21.8. The van der Waals surface area contributed by atoms with Crippen LogP contribution in [0.15, 0.2) is 61.3 Å². The largest absolute Gasteiger partial charge is 0.361 e. The summed E-state index contributed by atoms with van der Waals surface area (Å²) in [6.45, 7) is 3.35. The predicted molar refractivity (Wildman–Crippen MR) is 125 cm³/mol. The summed E-state index contributed by atoms with van der Waals surface area (Å²) in [5.74, 6) is 0.685. The third-order valence-corrected chi connectivity index (χ3v) is 6.84. The minimum atomic E-state index is -0.133. The van der Waals surface area contributed by atoms with Crippen molar-refractivity contribution in [3.8, 4) is 5.69 Å². The van der Waals surface area contributed by atoms with E-state index in [9.17, 15) is 4.39 Å². The monoisotopic (exact) mass is 431 g/mol. The van der Waals surface area contributed by atoms with Gasteiger partial charge in [0.15, 0.2) is 0 Å². The van der Waals surface area contributed by atoms with Gasteiger partial charge < -0.3 is 9.88 Å². The van der Waals surface area contributed by atoms with Crippen LogP contribution < -0.4 is 0 Å². The van der Waals surface area contributed by atoms with Gasteiger partial charge in [-0.3, -0.25) is 4.57 Å². The molecule has 1 N–H and O–H groups in total. The molecular formula is C26H30FN5. The van der Waals surface area contributed by atoms with Gasteiger partial charge in [-0.05, 0) is 92.6 Å². The van der Waals surface area contributed by atoms with Crippen molar-refractivity contribution in [1.29, 1.82) is 0 Å². The van der Waals surface area contributed by atoms with Crippen molar-refractivity contribution in [2.75, 3.05) is 19.6 Å². The summed E-state index contributed by atoms with van der Waals surface area (Å²) in [7, 11) is 0. The Labute approximate surface area is 188 Å². The Morgan fingerprint density at radius 2 is 1.84 bits per heavy atom. The molecule has 5 rings (SSSR count). The van der Waals surface area contributed by atoms with E-state index in [0.29, 0.717) is 0 Å². The molecule has 0 aliphatic carbocycles. The summed E-state index contributed by atoms with van der Waals surface area (Å²) in [6, 6.07) is 13.5. The van der Waals surface area contributed by atoms with Crippen molar-refractivity contribution in [3.05, 3.63) is 78.3 Å². The number of fused-ring (bicyclic) bond motifs is 1. The van der Waals surface area contributed by atoms with Gasteiger partial charge in [0.05, 0.1) is 0 Å². The molecule has 0 radical (unpaired) electrons. The summed E-state index contributed by atoms with van der Waals surface area (Å²) in [4.78, 5) is 5.95. The minimum absolute atomic E-state index is 0.133. The molecular weight excluding hydrogens is 401 g/mol. The van der Waals surface area contributed by atoms with Crippen LogP contribution in [0.4, 0.5) is 4.39 Å². The molecule has 0 atom stereocenters. The van der Waals surface area contributed by atoms with Gasteiger partial charge in [0.2, 0.25) is 0 Å². The van der Waals surface area contributed by atoms with Crippen LogP contribution in [0.2, 0.25) is 0 Å². The molecule has 166 valence electrons. The Morgan fingerprint density at radius 1 is 1.00 bits per heavy atom.